The molecule has 1 heterocycles. The molecule has 1 rings (SSSR count). The molecule has 0 saturated heterocycles. The first-order chi connectivity index (χ1) is 6.76. The van der Waals surface area contributed by atoms with E-state index in [0.29, 0.717) is 23.6 Å². The van der Waals surface area contributed by atoms with Crippen LogP contribution in [0.1, 0.15) is 0 Å². The van der Waals surface area contributed by atoms with Crippen molar-refractivity contribution in [2.75, 3.05) is 20.1 Å². The first-order valence-electron chi connectivity index (χ1n) is 3.94. The molecule has 1 aliphatic rings. The summed E-state index contributed by atoms with van der Waals surface area (Å²) < 4.78 is 0.577. The van der Waals surface area contributed by atoms with Crippen molar-refractivity contribution in [3.8, 4) is 0 Å². The van der Waals surface area contributed by atoms with E-state index in [-0.39, 0.29) is 5.25 Å². The average molecular weight is 236 g/mol. The van der Waals surface area contributed by atoms with Crippen molar-refractivity contribution in [1.29, 1.82) is 0 Å². The predicted molar refractivity (Wildman–Crippen MR) is 59.8 cm³/mol. The Bertz CT molecular complexity index is 269. The summed E-state index contributed by atoms with van der Waals surface area (Å²) >= 11 is 7.19. The molecule has 0 spiro atoms. The molecule has 0 aliphatic carbocycles. The Balaban J connectivity index is 2.26. The number of nitroso groups, excluding NO2 is 1. The lowest BCUT2D eigenvalue weighted by molar-refractivity contribution is 0.790. The quantitative estimate of drug-likeness (QED) is 0.324. The van der Waals surface area contributed by atoms with Crippen LogP contribution >= 0.6 is 23.4 Å². The Morgan fingerprint density at radius 1 is 1.86 bits per heavy atom. The molecule has 1 aliphatic heterocycles. The molecule has 0 amide bonds. The number of aliphatic imine (C=N–C) groups is 1. The molecule has 6 nitrogen and oxygen atoms in total. The highest BCUT2D eigenvalue weighted by Gasteiger charge is 2.17. The second-order valence-electron chi connectivity index (χ2n) is 2.49. The first kappa shape index (κ1) is 11.3. The van der Waals surface area contributed by atoms with Crippen LogP contribution in [-0.4, -0.2) is 35.8 Å². The fourth-order valence-corrected chi connectivity index (χ4v) is 2.10. The highest BCUT2D eigenvalue weighted by molar-refractivity contribution is 8.17. The van der Waals surface area contributed by atoms with Gasteiger partial charge in [-0.3, -0.25) is 4.99 Å². The molecule has 2 N–H and O–H groups in total. The van der Waals surface area contributed by atoms with E-state index in [1.165, 1.54) is 11.8 Å². The van der Waals surface area contributed by atoms with Gasteiger partial charge in [-0.25, -0.2) is 0 Å². The average Bonchev–Trinajstić information content (AvgIpc) is 2.59. The summed E-state index contributed by atoms with van der Waals surface area (Å²) in [6.45, 7) is 1.32. The van der Waals surface area contributed by atoms with E-state index in [4.69, 9.17) is 11.6 Å². The van der Waals surface area contributed by atoms with Crippen molar-refractivity contribution < 1.29 is 0 Å². The van der Waals surface area contributed by atoms with E-state index in [1.807, 2.05) is 0 Å². The van der Waals surface area contributed by atoms with Crippen LogP contribution in [0.3, 0.4) is 0 Å². The Morgan fingerprint density at radius 3 is 3.14 bits per heavy atom. The molecule has 14 heavy (non-hydrogen) atoms. The van der Waals surface area contributed by atoms with E-state index in [9.17, 15) is 4.91 Å². The maximum atomic E-state index is 9.86. The lowest BCUT2D eigenvalue weighted by atomic mass is 10.4. The number of nitrogens with one attached hydrogen (secondary N) is 2. The van der Waals surface area contributed by atoms with Crippen LogP contribution in [0.4, 0.5) is 0 Å². The van der Waals surface area contributed by atoms with Crippen LogP contribution in [0.2, 0.25) is 0 Å². The Kier molecular flexibility index (Phi) is 4.68. The smallest absolute Gasteiger partial charge is 0.219 e. The molecular weight excluding hydrogens is 226 g/mol. The van der Waals surface area contributed by atoms with E-state index in [1.54, 1.807) is 7.05 Å². The maximum absolute atomic E-state index is 9.86. The second kappa shape index (κ2) is 5.82. The molecule has 0 fully saturated rings. The Labute approximate surface area is 90.5 Å². The molecule has 78 valence electrons. The lowest BCUT2D eigenvalue weighted by Crippen LogP contribution is -2.38. The van der Waals surface area contributed by atoms with Gasteiger partial charge in [0.2, 0.25) is 5.96 Å². The number of hydrogen-bond donors (Lipinski definition) is 2. The third-order valence-electron chi connectivity index (χ3n) is 1.56. The molecule has 0 bridgehead atoms. The van der Waals surface area contributed by atoms with Gasteiger partial charge in [-0.2, -0.15) is 0 Å². The van der Waals surface area contributed by atoms with Gasteiger partial charge in [-0.15, -0.1) is 4.91 Å². The zero-order chi connectivity index (χ0) is 10.4. The molecule has 0 aromatic carbocycles. The minimum absolute atomic E-state index is 0.285. The van der Waals surface area contributed by atoms with Gasteiger partial charge in [-0.1, -0.05) is 28.5 Å². The van der Waals surface area contributed by atoms with Crippen LogP contribution in [0.25, 0.3) is 0 Å². The van der Waals surface area contributed by atoms with Crippen LogP contribution in [-0.2, 0) is 0 Å². The van der Waals surface area contributed by atoms with E-state index >= 15 is 0 Å². The van der Waals surface area contributed by atoms with Gasteiger partial charge in [-0.05, 0) is 0 Å². The summed E-state index contributed by atoms with van der Waals surface area (Å²) in [6.07, 6.45) is 0. The van der Waals surface area contributed by atoms with Gasteiger partial charge in [0.15, 0.2) is 4.50 Å². The topological polar surface area (TPSA) is 78.2 Å². The second-order valence-corrected chi connectivity index (χ2v) is 4.37. The standard InChI is InChI=1S/C6H10ClN5OS/c1-8-6(11-12-13)10-3-4-2-9-5(7)14-4/h4H,2-3H2,1H3,(H2,8,10,11,13). The molecular formula is C6H10ClN5OS. The summed E-state index contributed by atoms with van der Waals surface area (Å²) in [5.41, 5.74) is 0. The third-order valence-corrected chi connectivity index (χ3v) is 2.92. The van der Waals surface area contributed by atoms with Gasteiger partial charge < -0.3 is 10.6 Å². The summed E-state index contributed by atoms with van der Waals surface area (Å²) in [6, 6.07) is 0. The van der Waals surface area contributed by atoms with Crippen LogP contribution < -0.4 is 10.6 Å². The van der Waals surface area contributed by atoms with E-state index in [2.05, 4.69) is 26.0 Å². The molecule has 0 aromatic rings. The van der Waals surface area contributed by atoms with E-state index in [0.717, 1.165) is 0 Å². The molecule has 8 heteroatoms. The van der Waals surface area contributed by atoms with Gasteiger partial charge in [0, 0.05) is 18.8 Å². The van der Waals surface area contributed by atoms with Gasteiger partial charge in [0.05, 0.1) is 11.8 Å². The van der Waals surface area contributed by atoms with Crippen molar-refractivity contribution in [3.63, 3.8) is 0 Å². The molecule has 0 radical (unpaired) electrons. The van der Waals surface area contributed by atoms with Gasteiger partial charge >= 0.3 is 0 Å². The lowest BCUT2D eigenvalue weighted by Gasteiger charge is -2.10. The summed E-state index contributed by atoms with van der Waals surface area (Å²) in [5.74, 6) is 0.351. The number of nitrogens with zero attached hydrogens (tertiary/aromatic N) is 3. The fourth-order valence-electron chi connectivity index (χ4n) is 0.917. The highest BCUT2D eigenvalue weighted by Crippen LogP contribution is 2.22. The minimum Gasteiger partial charge on any atom is -0.358 e. The van der Waals surface area contributed by atoms with Gasteiger partial charge in [0.1, 0.15) is 0 Å². The Morgan fingerprint density at radius 2 is 2.64 bits per heavy atom. The van der Waals surface area contributed by atoms with Crippen molar-refractivity contribution in [3.05, 3.63) is 4.91 Å². The molecule has 1 unspecified atom stereocenters. The van der Waals surface area contributed by atoms with Crippen molar-refractivity contribution in [2.24, 2.45) is 15.4 Å². The van der Waals surface area contributed by atoms with Crippen LogP contribution in [0.15, 0.2) is 15.4 Å². The third kappa shape index (κ3) is 3.51. The zero-order valence-electron chi connectivity index (χ0n) is 7.53. The number of guanidine groups is 1. The molecule has 0 aromatic heterocycles. The summed E-state index contributed by atoms with van der Waals surface area (Å²) in [7, 11) is 1.66. The zero-order valence-corrected chi connectivity index (χ0v) is 9.10. The highest BCUT2D eigenvalue weighted by atomic mass is 35.5. The van der Waals surface area contributed by atoms with E-state index < -0.39 is 0 Å². The van der Waals surface area contributed by atoms with Crippen molar-refractivity contribution >= 4 is 33.8 Å². The largest absolute Gasteiger partial charge is 0.358 e. The number of halogens is 1. The number of thioether (sulfide) groups is 1. The number of rotatable bonds is 3. The fraction of sp³-hybridized carbons (Fsp3) is 0.667. The normalized spacial score (nSPS) is 21.7. The van der Waals surface area contributed by atoms with Crippen LogP contribution in [0.5, 0.6) is 0 Å². The van der Waals surface area contributed by atoms with Crippen molar-refractivity contribution in [1.82, 2.24) is 10.6 Å². The minimum atomic E-state index is 0.285. The summed E-state index contributed by atoms with van der Waals surface area (Å²) in [5, 5.41) is 11.6. The monoisotopic (exact) mass is 235 g/mol. The first-order valence-corrected chi connectivity index (χ1v) is 5.20. The maximum Gasteiger partial charge on any atom is 0.219 e. The van der Waals surface area contributed by atoms with Crippen LogP contribution in [0, 0.1) is 4.91 Å². The van der Waals surface area contributed by atoms with Gasteiger partial charge in [0.25, 0.3) is 0 Å². The predicted octanol–water partition coefficient (Wildman–Crippen LogP) is 0.543. The van der Waals surface area contributed by atoms with Crippen molar-refractivity contribution in [2.45, 2.75) is 5.25 Å². The summed E-state index contributed by atoms with van der Waals surface area (Å²) in [4.78, 5) is 13.9. The molecule has 1 atom stereocenters. The molecule has 0 saturated carbocycles. The Hall–Kier alpha value is -0.820. The SMILES string of the molecule is CN/C(=N\N=O)NCC1CN=C(Cl)S1. The number of hydrogen-bond acceptors (Lipinski definition) is 4.